The third-order valence-corrected chi connectivity index (χ3v) is 4.23. The first-order valence-corrected chi connectivity index (χ1v) is 9.13. The minimum absolute atomic E-state index is 0.0198. The van der Waals surface area contributed by atoms with Crippen LogP contribution in [0.5, 0.6) is 0 Å². The van der Waals surface area contributed by atoms with Crippen LogP contribution in [0.15, 0.2) is 49.1 Å². The van der Waals surface area contributed by atoms with Crippen molar-refractivity contribution in [1.82, 2.24) is 15.0 Å². The number of aromatic nitrogens is 3. The van der Waals surface area contributed by atoms with E-state index >= 15 is 0 Å². The summed E-state index contributed by atoms with van der Waals surface area (Å²) >= 11 is 0. The first kappa shape index (κ1) is 22.1. The molecular formula is C20H18N6O6. The number of carbonyl (C=O) groups is 2. The van der Waals surface area contributed by atoms with E-state index in [1.807, 2.05) is 0 Å². The maximum atomic E-state index is 12.0. The quantitative estimate of drug-likeness (QED) is 0.302. The third-order valence-electron chi connectivity index (χ3n) is 4.23. The fourth-order valence-corrected chi connectivity index (χ4v) is 2.77. The Morgan fingerprint density at radius 3 is 2.28 bits per heavy atom. The van der Waals surface area contributed by atoms with Gasteiger partial charge in [-0.25, -0.2) is 19.6 Å². The van der Waals surface area contributed by atoms with Crippen LogP contribution >= 0.6 is 0 Å². The molecule has 0 spiro atoms. The maximum absolute atomic E-state index is 12.0. The van der Waals surface area contributed by atoms with E-state index in [1.165, 1.54) is 32.4 Å². The molecule has 3 rings (SSSR count). The fourth-order valence-electron chi connectivity index (χ4n) is 2.77. The summed E-state index contributed by atoms with van der Waals surface area (Å²) in [5.74, 6) is -1.56. The average Bonchev–Trinajstić information content (AvgIpc) is 2.81. The molecular weight excluding hydrogens is 420 g/mol. The van der Waals surface area contributed by atoms with E-state index in [2.05, 4.69) is 25.6 Å². The molecule has 2 heterocycles. The molecule has 0 unspecified atom stereocenters. The molecule has 12 heteroatoms. The zero-order valence-electron chi connectivity index (χ0n) is 17.1. The lowest BCUT2D eigenvalue weighted by atomic mass is 10.1. The highest BCUT2D eigenvalue weighted by atomic mass is 16.6. The Hall–Kier alpha value is -4.61. The van der Waals surface area contributed by atoms with Crippen LogP contribution in [0.3, 0.4) is 0 Å². The highest BCUT2D eigenvalue weighted by Crippen LogP contribution is 2.32. The number of pyridine rings is 1. The van der Waals surface area contributed by atoms with Gasteiger partial charge < -0.3 is 20.1 Å². The van der Waals surface area contributed by atoms with Crippen molar-refractivity contribution in [3.05, 3.63) is 75.9 Å². The van der Waals surface area contributed by atoms with Gasteiger partial charge in [-0.3, -0.25) is 15.1 Å². The summed E-state index contributed by atoms with van der Waals surface area (Å²) < 4.78 is 9.39. The van der Waals surface area contributed by atoms with Gasteiger partial charge in [0.25, 0.3) is 0 Å². The van der Waals surface area contributed by atoms with Crippen molar-refractivity contribution in [2.24, 2.45) is 0 Å². The van der Waals surface area contributed by atoms with Crippen molar-refractivity contribution in [3.8, 4) is 0 Å². The zero-order valence-corrected chi connectivity index (χ0v) is 17.1. The Morgan fingerprint density at radius 2 is 1.72 bits per heavy atom. The number of nitrogens with zero attached hydrogens (tertiary/aromatic N) is 4. The van der Waals surface area contributed by atoms with Crippen molar-refractivity contribution in [3.63, 3.8) is 0 Å². The third kappa shape index (κ3) is 5.11. The minimum Gasteiger partial charge on any atom is -0.465 e. The number of anilines is 3. The second kappa shape index (κ2) is 9.93. The predicted octanol–water partition coefficient (Wildman–Crippen LogP) is 2.71. The summed E-state index contributed by atoms with van der Waals surface area (Å²) in [6.45, 7) is 0.245. The number of esters is 2. The summed E-state index contributed by atoms with van der Waals surface area (Å²) in [4.78, 5) is 47.0. The molecule has 0 aliphatic heterocycles. The lowest BCUT2D eigenvalue weighted by Crippen LogP contribution is -2.10. The van der Waals surface area contributed by atoms with Gasteiger partial charge in [0.1, 0.15) is 6.33 Å². The number of hydrogen-bond acceptors (Lipinski definition) is 11. The van der Waals surface area contributed by atoms with E-state index in [1.54, 1.807) is 24.5 Å². The Kier molecular flexibility index (Phi) is 6.85. The normalized spacial score (nSPS) is 10.2. The first-order chi connectivity index (χ1) is 15.4. The van der Waals surface area contributed by atoms with Crippen molar-refractivity contribution in [1.29, 1.82) is 0 Å². The number of benzene rings is 1. The molecule has 0 aliphatic carbocycles. The average molecular weight is 438 g/mol. The van der Waals surface area contributed by atoms with E-state index in [0.29, 0.717) is 0 Å². The molecule has 0 radical (unpaired) electrons. The van der Waals surface area contributed by atoms with Crippen LogP contribution in [0.25, 0.3) is 0 Å². The summed E-state index contributed by atoms with van der Waals surface area (Å²) in [6.07, 6.45) is 4.38. The van der Waals surface area contributed by atoms with E-state index < -0.39 is 22.5 Å². The second-order valence-electron chi connectivity index (χ2n) is 6.30. The van der Waals surface area contributed by atoms with Gasteiger partial charge in [-0.1, -0.05) is 6.07 Å². The van der Waals surface area contributed by atoms with Crippen LogP contribution < -0.4 is 10.6 Å². The van der Waals surface area contributed by atoms with Crippen molar-refractivity contribution in [2.45, 2.75) is 6.54 Å². The topological polar surface area (TPSA) is 158 Å². The van der Waals surface area contributed by atoms with Gasteiger partial charge in [0.2, 0.25) is 11.6 Å². The Balaban J connectivity index is 1.96. The molecule has 0 saturated carbocycles. The molecule has 0 fully saturated rings. The number of ether oxygens (including phenoxy) is 2. The first-order valence-electron chi connectivity index (χ1n) is 9.13. The van der Waals surface area contributed by atoms with Crippen LogP contribution in [-0.4, -0.2) is 46.0 Å². The molecule has 2 aromatic heterocycles. The lowest BCUT2D eigenvalue weighted by Gasteiger charge is -2.12. The van der Waals surface area contributed by atoms with Gasteiger partial charge in [0.05, 0.1) is 30.3 Å². The highest BCUT2D eigenvalue weighted by molar-refractivity contribution is 5.97. The molecule has 0 bridgehead atoms. The summed E-state index contributed by atoms with van der Waals surface area (Å²) in [7, 11) is 2.38. The molecule has 12 nitrogen and oxygen atoms in total. The Bertz CT molecular complexity index is 1120. The van der Waals surface area contributed by atoms with E-state index in [0.717, 1.165) is 11.9 Å². The summed E-state index contributed by atoms with van der Waals surface area (Å²) in [5.41, 5.74) is 0.658. The van der Waals surface area contributed by atoms with E-state index in [4.69, 9.17) is 9.47 Å². The van der Waals surface area contributed by atoms with Crippen LogP contribution in [0.4, 0.5) is 23.0 Å². The Labute approximate surface area is 181 Å². The largest absolute Gasteiger partial charge is 0.465 e. The summed E-state index contributed by atoms with van der Waals surface area (Å²) in [6, 6.07) is 7.57. The maximum Gasteiger partial charge on any atom is 0.353 e. The zero-order chi connectivity index (χ0) is 23.1. The number of carbonyl (C=O) groups excluding carboxylic acids is 2. The molecule has 0 atom stereocenters. The van der Waals surface area contributed by atoms with Crippen LogP contribution in [0.2, 0.25) is 0 Å². The monoisotopic (exact) mass is 438 g/mol. The number of hydrogen-bond donors (Lipinski definition) is 2. The second-order valence-corrected chi connectivity index (χ2v) is 6.30. The minimum atomic E-state index is -0.699. The van der Waals surface area contributed by atoms with Gasteiger partial charge >= 0.3 is 17.6 Å². The number of methoxy groups -OCH3 is 2. The van der Waals surface area contributed by atoms with Crippen LogP contribution in [0, 0.1) is 10.1 Å². The smallest absolute Gasteiger partial charge is 0.353 e. The lowest BCUT2D eigenvalue weighted by molar-refractivity contribution is -0.383. The number of rotatable bonds is 8. The van der Waals surface area contributed by atoms with Crippen molar-refractivity contribution < 1.29 is 24.0 Å². The van der Waals surface area contributed by atoms with Crippen LogP contribution in [0.1, 0.15) is 26.3 Å². The van der Waals surface area contributed by atoms with Gasteiger partial charge in [-0.15, -0.1) is 0 Å². The summed E-state index contributed by atoms with van der Waals surface area (Å²) in [5, 5.41) is 17.4. The number of nitrogens with one attached hydrogen (secondary N) is 2. The van der Waals surface area contributed by atoms with Crippen molar-refractivity contribution in [2.75, 3.05) is 24.9 Å². The molecule has 0 aliphatic rings. The number of nitro groups is 1. The van der Waals surface area contributed by atoms with E-state index in [9.17, 15) is 19.7 Å². The molecule has 2 N–H and O–H groups in total. The van der Waals surface area contributed by atoms with Crippen molar-refractivity contribution >= 4 is 34.9 Å². The SMILES string of the molecule is COC(=O)c1cc(Nc2ncnc(NCc3cccnc3)c2[N+](=O)[O-])cc(C(=O)OC)c1. The van der Waals surface area contributed by atoms with Gasteiger partial charge in [0.15, 0.2) is 0 Å². The highest BCUT2D eigenvalue weighted by Gasteiger charge is 2.24. The molecule has 1 aromatic carbocycles. The Morgan fingerprint density at radius 1 is 1.06 bits per heavy atom. The standard InChI is InChI=1S/C20H18N6O6/c1-31-19(27)13-6-14(20(28)32-2)8-15(7-13)25-18-16(26(29)30)17(23-11-24-18)22-10-12-4-3-5-21-9-12/h3-9,11H,10H2,1-2H3,(H2,22,23,24,25). The molecule has 0 saturated heterocycles. The predicted molar refractivity (Wildman–Crippen MR) is 113 cm³/mol. The molecule has 164 valence electrons. The van der Waals surface area contributed by atoms with Gasteiger partial charge in [-0.05, 0) is 29.8 Å². The van der Waals surface area contributed by atoms with E-state index in [-0.39, 0.29) is 35.0 Å². The fraction of sp³-hybridized carbons (Fsp3) is 0.150. The van der Waals surface area contributed by atoms with Gasteiger partial charge in [0, 0.05) is 24.6 Å². The van der Waals surface area contributed by atoms with Gasteiger partial charge in [-0.2, -0.15) is 0 Å². The molecule has 0 amide bonds. The van der Waals surface area contributed by atoms with Crippen LogP contribution in [-0.2, 0) is 16.0 Å². The molecule has 32 heavy (non-hydrogen) atoms. The molecule has 3 aromatic rings.